The fourth-order valence-corrected chi connectivity index (χ4v) is 4.35. The highest BCUT2D eigenvalue weighted by Gasteiger charge is 2.32. The molecule has 1 aliphatic carbocycles. The molecule has 28 heavy (non-hydrogen) atoms. The second kappa shape index (κ2) is 9.52. The van der Waals surface area contributed by atoms with Crippen LogP contribution >= 0.6 is 0 Å². The molecule has 0 spiro atoms. The molecule has 1 saturated heterocycles. The molecule has 6 heteroatoms. The summed E-state index contributed by atoms with van der Waals surface area (Å²) in [6.45, 7) is 4.04. The van der Waals surface area contributed by atoms with E-state index in [-0.39, 0.29) is 17.2 Å². The van der Waals surface area contributed by atoms with E-state index in [1.54, 1.807) is 0 Å². The van der Waals surface area contributed by atoms with Gasteiger partial charge in [-0.2, -0.15) is 0 Å². The molecule has 3 rings (SSSR count). The third kappa shape index (κ3) is 5.55. The first-order valence-electron chi connectivity index (χ1n) is 10.5. The number of likely N-dealkylation sites (N-methyl/N-ethyl adjacent to an activating group) is 1. The van der Waals surface area contributed by atoms with Crippen LogP contribution in [0.5, 0.6) is 0 Å². The zero-order valence-electron chi connectivity index (χ0n) is 17.1. The van der Waals surface area contributed by atoms with E-state index in [1.165, 1.54) is 19.3 Å². The van der Waals surface area contributed by atoms with E-state index in [0.717, 1.165) is 50.3 Å². The third-order valence-electron chi connectivity index (χ3n) is 6.33. The van der Waals surface area contributed by atoms with Crippen molar-refractivity contribution in [2.24, 2.45) is 11.1 Å². The average molecular weight is 387 g/mol. The lowest BCUT2D eigenvalue weighted by atomic mass is 9.71. The second-order valence-corrected chi connectivity index (χ2v) is 8.55. The van der Waals surface area contributed by atoms with Crippen molar-refractivity contribution in [3.63, 3.8) is 0 Å². The number of nitrogens with one attached hydrogen (secondary N) is 1. The van der Waals surface area contributed by atoms with Crippen LogP contribution in [0.1, 0.15) is 44.1 Å². The Labute approximate surface area is 168 Å². The zero-order chi connectivity index (χ0) is 20.0. The van der Waals surface area contributed by atoms with Crippen LogP contribution in [-0.4, -0.2) is 61.4 Å². The van der Waals surface area contributed by atoms with E-state index in [2.05, 4.69) is 17.3 Å². The normalized spacial score (nSPS) is 20.0. The molecule has 2 aliphatic rings. The van der Waals surface area contributed by atoms with Crippen molar-refractivity contribution in [3.05, 3.63) is 29.8 Å². The van der Waals surface area contributed by atoms with Crippen LogP contribution in [0.2, 0.25) is 0 Å². The number of rotatable bonds is 6. The second-order valence-electron chi connectivity index (χ2n) is 8.55. The number of amides is 2. The highest BCUT2D eigenvalue weighted by atomic mass is 16.2. The monoisotopic (exact) mass is 386 g/mol. The van der Waals surface area contributed by atoms with Gasteiger partial charge in [0.15, 0.2) is 0 Å². The van der Waals surface area contributed by atoms with Gasteiger partial charge in [0.25, 0.3) is 0 Å². The summed E-state index contributed by atoms with van der Waals surface area (Å²) < 4.78 is 0. The van der Waals surface area contributed by atoms with Gasteiger partial charge in [0.05, 0.1) is 6.42 Å². The van der Waals surface area contributed by atoms with Crippen molar-refractivity contribution in [2.75, 3.05) is 45.1 Å². The first-order chi connectivity index (χ1) is 13.5. The largest absolute Gasteiger partial charge is 0.340 e. The Hall–Kier alpha value is -1.92. The molecule has 6 nitrogen and oxygen atoms in total. The molecule has 2 fully saturated rings. The number of benzene rings is 1. The minimum absolute atomic E-state index is 0.0306. The molecule has 1 aromatic rings. The van der Waals surface area contributed by atoms with E-state index in [9.17, 15) is 9.59 Å². The summed E-state index contributed by atoms with van der Waals surface area (Å²) in [5, 5.41) is 3.00. The molecule has 0 unspecified atom stereocenters. The molecule has 0 aromatic heterocycles. The molecule has 0 atom stereocenters. The van der Waals surface area contributed by atoms with Crippen LogP contribution in [0.15, 0.2) is 24.3 Å². The molecule has 0 bridgehead atoms. The number of nitrogens with two attached hydrogens (primary N) is 1. The van der Waals surface area contributed by atoms with Gasteiger partial charge in [-0.3, -0.25) is 9.59 Å². The maximum absolute atomic E-state index is 12.5. The summed E-state index contributed by atoms with van der Waals surface area (Å²) in [7, 11) is 2.08. The summed E-state index contributed by atoms with van der Waals surface area (Å²) in [6.07, 6.45) is 6.58. The summed E-state index contributed by atoms with van der Waals surface area (Å²) in [5.74, 6) is 0.209. The number of carbonyl (C=O) groups is 2. The van der Waals surface area contributed by atoms with Gasteiger partial charge in [-0.1, -0.05) is 31.4 Å². The molecular formula is C22H34N4O2. The Morgan fingerprint density at radius 2 is 1.68 bits per heavy atom. The lowest BCUT2D eigenvalue weighted by Gasteiger charge is -2.35. The molecule has 1 saturated carbocycles. The molecule has 2 amide bonds. The Morgan fingerprint density at radius 1 is 1.04 bits per heavy atom. The third-order valence-corrected chi connectivity index (χ3v) is 6.33. The molecule has 3 N–H and O–H groups in total. The van der Waals surface area contributed by atoms with Gasteiger partial charge in [-0.05, 0) is 49.5 Å². The average Bonchev–Trinajstić information content (AvgIpc) is 2.70. The van der Waals surface area contributed by atoms with Crippen molar-refractivity contribution < 1.29 is 9.59 Å². The number of carbonyl (C=O) groups excluding carboxylic acids is 2. The van der Waals surface area contributed by atoms with Crippen LogP contribution < -0.4 is 11.1 Å². The van der Waals surface area contributed by atoms with Crippen LogP contribution in [0.4, 0.5) is 5.69 Å². The molecule has 1 aliphatic heterocycles. The first kappa shape index (κ1) is 20.8. The maximum atomic E-state index is 12.5. The summed E-state index contributed by atoms with van der Waals surface area (Å²) in [6, 6.07) is 7.65. The van der Waals surface area contributed by atoms with Crippen LogP contribution in [0, 0.1) is 5.41 Å². The van der Waals surface area contributed by atoms with Gasteiger partial charge in [0.2, 0.25) is 11.8 Å². The molecular weight excluding hydrogens is 352 g/mol. The Balaban J connectivity index is 1.49. The van der Waals surface area contributed by atoms with Crippen molar-refractivity contribution in [1.82, 2.24) is 9.80 Å². The predicted octanol–water partition coefficient (Wildman–Crippen LogP) is 2.24. The van der Waals surface area contributed by atoms with Gasteiger partial charge >= 0.3 is 0 Å². The van der Waals surface area contributed by atoms with Crippen molar-refractivity contribution >= 4 is 17.5 Å². The number of piperazine rings is 1. The van der Waals surface area contributed by atoms with Gasteiger partial charge in [-0.15, -0.1) is 0 Å². The molecule has 0 radical (unpaired) electrons. The summed E-state index contributed by atoms with van der Waals surface area (Å²) >= 11 is 0. The minimum atomic E-state index is -0.0306. The van der Waals surface area contributed by atoms with E-state index < -0.39 is 0 Å². The SMILES string of the molecule is CN1CCN(C(=O)Cc2ccc(NC(=O)CC3(CN)CCCCC3)cc2)CC1. The van der Waals surface area contributed by atoms with Gasteiger partial charge in [0, 0.05) is 38.3 Å². The van der Waals surface area contributed by atoms with E-state index in [0.29, 0.717) is 19.4 Å². The smallest absolute Gasteiger partial charge is 0.227 e. The number of hydrogen-bond donors (Lipinski definition) is 2. The number of hydrogen-bond acceptors (Lipinski definition) is 4. The Bertz CT molecular complexity index is 660. The standard InChI is InChI=1S/C22H34N4O2/c1-25-11-13-26(14-12-25)21(28)15-18-5-7-19(8-6-18)24-20(27)16-22(17-23)9-3-2-4-10-22/h5-8H,2-4,9-17,23H2,1H3,(H,24,27). The van der Waals surface area contributed by atoms with Crippen molar-refractivity contribution in [1.29, 1.82) is 0 Å². The van der Waals surface area contributed by atoms with E-state index in [1.807, 2.05) is 29.2 Å². The summed E-state index contributed by atoms with van der Waals surface area (Å²) in [5.41, 5.74) is 7.73. The minimum Gasteiger partial charge on any atom is -0.340 e. The fraction of sp³-hybridized carbons (Fsp3) is 0.636. The lowest BCUT2D eigenvalue weighted by Crippen LogP contribution is -2.47. The molecule has 154 valence electrons. The highest BCUT2D eigenvalue weighted by molar-refractivity contribution is 5.91. The Morgan fingerprint density at radius 3 is 2.29 bits per heavy atom. The van der Waals surface area contributed by atoms with Gasteiger partial charge < -0.3 is 20.9 Å². The quantitative estimate of drug-likeness (QED) is 0.786. The van der Waals surface area contributed by atoms with E-state index >= 15 is 0 Å². The summed E-state index contributed by atoms with van der Waals surface area (Å²) in [4.78, 5) is 29.1. The van der Waals surface area contributed by atoms with Crippen LogP contribution in [0.3, 0.4) is 0 Å². The molecule has 1 heterocycles. The fourth-order valence-electron chi connectivity index (χ4n) is 4.35. The van der Waals surface area contributed by atoms with Crippen LogP contribution in [0.25, 0.3) is 0 Å². The van der Waals surface area contributed by atoms with Gasteiger partial charge in [-0.25, -0.2) is 0 Å². The first-order valence-corrected chi connectivity index (χ1v) is 10.5. The predicted molar refractivity (Wildman–Crippen MR) is 112 cm³/mol. The van der Waals surface area contributed by atoms with E-state index in [4.69, 9.17) is 5.73 Å². The number of nitrogens with zero attached hydrogens (tertiary/aromatic N) is 2. The highest BCUT2D eigenvalue weighted by Crippen LogP contribution is 2.38. The Kier molecular flexibility index (Phi) is 7.08. The maximum Gasteiger partial charge on any atom is 0.227 e. The number of anilines is 1. The lowest BCUT2D eigenvalue weighted by molar-refractivity contribution is -0.132. The zero-order valence-corrected chi connectivity index (χ0v) is 17.1. The molecule has 1 aromatic carbocycles. The van der Waals surface area contributed by atoms with Crippen molar-refractivity contribution in [2.45, 2.75) is 44.9 Å². The van der Waals surface area contributed by atoms with Crippen molar-refractivity contribution in [3.8, 4) is 0 Å². The topological polar surface area (TPSA) is 78.7 Å². The van der Waals surface area contributed by atoms with Gasteiger partial charge in [0.1, 0.15) is 0 Å². The van der Waals surface area contributed by atoms with Crippen LogP contribution in [-0.2, 0) is 16.0 Å².